The number of hydrogen-bond acceptors (Lipinski definition) is 4. The van der Waals surface area contributed by atoms with Gasteiger partial charge in [-0.25, -0.2) is 20.0 Å². The molecule has 0 atom stereocenters. The first-order valence-electron chi connectivity index (χ1n) is 6.62. The molecule has 2 aromatic carbocycles. The standard InChI is InChI=1S/C16H14ClFN2O3/c1-23-16(22)11-4-2-10(3-5-11)8-15(21)20(19)12-6-7-13(17)14(18)9-12/h2-7,9H,8,19H2,1H3. The zero-order chi connectivity index (χ0) is 17.0. The summed E-state index contributed by atoms with van der Waals surface area (Å²) in [5.41, 5.74) is 1.24. The molecule has 0 unspecified atom stereocenters. The number of esters is 1. The number of carbonyl (C=O) groups is 2. The van der Waals surface area contributed by atoms with Gasteiger partial charge in [0.05, 0.1) is 29.8 Å². The second-order valence-corrected chi connectivity index (χ2v) is 5.13. The van der Waals surface area contributed by atoms with E-state index in [1.54, 1.807) is 24.3 Å². The van der Waals surface area contributed by atoms with Crippen molar-refractivity contribution in [3.8, 4) is 0 Å². The number of anilines is 1. The van der Waals surface area contributed by atoms with Crippen LogP contribution in [0.4, 0.5) is 10.1 Å². The van der Waals surface area contributed by atoms with Crippen LogP contribution >= 0.6 is 11.6 Å². The summed E-state index contributed by atoms with van der Waals surface area (Å²) in [6.07, 6.45) is 0.00218. The lowest BCUT2D eigenvalue weighted by molar-refractivity contribution is -0.118. The number of methoxy groups -OCH3 is 1. The summed E-state index contributed by atoms with van der Waals surface area (Å²) >= 11 is 5.59. The number of hydrazine groups is 1. The number of hydrogen-bond donors (Lipinski definition) is 1. The SMILES string of the molecule is COC(=O)c1ccc(CC(=O)N(N)c2ccc(Cl)c(F)c2)cc1. The summed E-state index contributed by atoms with van der Waals surface area (Å²) < 4.78 is 18.0. The number of halogens is 2. The minimum absolute atomic E-state index is 0.00218. The minimum atomic E-state index is -0.658. The predicted molar refractivity (Wildman–Crippen MR) is 84.6 cm³/mol. The highest BCUT2D eigenvalue weighted by Gasteiger charge is 2.14. The van der Waals surface area contributed by atoms with E-state index in [0.29, 0.717) is 11.1 Å². The van der Waals surface area contributed by atoms with Gasteiger partial charge >= 0.3 is 5.97 Å². The van der Waals surface area contributed by atoms with E-state index in [0.717, 1.165) is 11.1 Å². The fourth-order valence-electron chi connectivity index (χ4n) is 1.92. The number of amides is 1. The van der Waals surface area contributed by atoms with Gasteiger partial charge in [0, 0.05) is 6.07 Å². The van der Waals surface area contributed by atoms with Gasteiger partial charge in [-0.15, -0.1) is 0 Å². The maximum Gasteiger partial charge on any atom is 0.337 e. The van der Waals surface area contributed by atoms with Gasteiger partial charge in [0.2, 0.25) is 5.91 Å². The van der Waals surface area contributed by atoms with Crippen LogP contribution in [0.25, 0.3) is 0 Å². The fourth-order valence-corrected chi connectivity index (χ4v) is 2.03. The third-order valence-corrected chi connectivity index (χ3v) is 3.49. The quantitative estimate of drug-likeness (QED) is 0.403. The molecule has 1 amide bonds. The minimum Gasteiger partial charge on any atom is -0.465 e. The van der Waals surface area contributed by atoms with E-state index in [9.17, 15) is 14.0 Å². The van der Waals surface area contributed by atoms with Gasteiger partial charge in [-0.1, -0.05) is 23.7 Å². The molecule has 0 aliphatic carbocycles. The second-order valence-electron chi connectivity index (χ2n) is 4.73. The molecule has 7 heteroatoms. The Morgan fingerprint density at radius 3 is 2.43 bits per heavy atom. The molecule has 0 bridgehead atoms. The Kier molecular flexibility index (Phi) is 5.31. The highest BCUT2D eigenvalue weighted by atomic mass is 35.5. The molecule has 0 saturated carbocycles. The lowest BCUT2D eigenvalue weighted by Crippen LogP contribution is -2.38. The van der Waals surface area contributed by atoms with E-state index in [1.165, 1.54) is 19.2 Å². The van der Waals surface area contributed by atoms with Gasteiger partial charge in [0.1, 0.15) is 5.82 Å². The molecule has 23 heavy (non-hydrogen) atoms. The zero-order valence-electron chi connectivity index (χ0n) is 12.3. The van der Waals surface area contributed by atoms with Crippen LogP contribution in [-0.4, -0.2) is 19.0 Å². The normalized spacial score (nSPS) is 10.3. The van der Waals surface area contributed by atoms with E-state index in [2.05, 4.69) is 4.74 Å². The van der Waals surface area contributed by atoms with Crippen molar-refractivity contribution in [2.45, 2.75) is 6.42 Å². The second kappa shape index (κ2) is 7.21. The molecule has 0 heterocycles. The Labute approximate surface area is 137 Å². The molecule has 0 aliphatic heterocycles. The van der Waals surface area contributed by atoms with Gasteiger partial charge < -0.3 is 4.74 Å². The predicted octanol–water partition coefficient (Wildman–Crippen LogP) is 2.72. The van der Waals surface area contributed by atoms with E-state index in [1.807, 2.05) is 0 Å². The first kappa shape index (κ1) is 16.9. The van der Waals surface area contributed by atoms with Gasteiger partial charge in [0.25, 0.3) is 0 Å². The zero-order valence-corrected chi connectivity index (χ0v) is 13.0. The molecule has 0 fully saturated rings. The first-order valence-corrected chi connectivity index (χ1v) is 7.00. The highest BCUT2D eigenvalue weighted by Crippen LogP contribution is 2.21. The van der Waals surface area contributed by atoms with E-state index >= 15 is 0 Å². The Morgan fingerprint density at radius 1 is 1.22 bits per heavy atom. The van der Waals surface area contributed by atoms with Crippen LogP contribution in [0.15, 0.2) is 42.5 Å². The monoisotopic (exact) mass is 336 g/mol. The molecule has 2 N–H and O–H groups in total. The third kappa shape index (κ3) is 4.06. The lowest BCUT2D eigenvalue weighted by Gasteiger charge is -2.17. The van der Waals surface area contributed by atoms with Crippen molar-refractivity contribution < 1.29 is 18.7 Å². The van der Waals surface area contributed by atoms with Crippen LogP contribution < -0.4 is 10.9 Å². The van der Waals surface area contributed by atoms with Crippen molar-refractivity contribution >= 4 is 29.2 Å². The average Bonchev–Trinajstić information content (AvgIpc) is 2.56. The van der Waals surface area contributed by atoms with Crippen molar-refractivity contribution in [1.29, 1.82) is 0 Å². The fraction of sp³-hybridized carbons (Fsp3) is 0.125. The molecule has 0 spiro atoms. The van der Waals surface area contributed by atoms with Crippen molar-refractivity contribution in [2.24, 2.45) is 5.84 Å². The van der Waals surface area contributed by atoms with Crippen LogP contribution in [0.2, 0.25) is 5.02 Å². The van der Waals surface area contributed by atoms with E-state index in [-0.39, 0.29) is 17.1 Å². The number of rotatable bonds is 4. The molecule has 2 aromatic rings. The van der Waals surface area contributed by atoms with Gasteiger partial charge in [-0.3, -0.25) is 4.79 Å². The van der Waals surface area contributed by atoms with Gasteiger partial charge in [0.15, 0.2) is 0 Å². The lowest BCUT2D eigenvalue weighted by atomic mass is 10.1. The summed E-state index contributed by atoms with van der Waals surface area (Å²) in [5, 5.41) is 0.807. The number of carbonyl (C=O) groups excluding carboxylic acids is 2. The van der Waals surface area contributed by atoms with Crippen molar-refractivity contribution in [1.82, 2.24) is 0 Å². The largest absolute Gasteiger partial charge is 0.465 e. The summed E-state index contributed by atoms with van der Waals surface area (Å²) in [7, 11) is 1.29. The van der Waals surface area contributed by atoms with E-state index < -0.39 is 17.7 Å². The highest BCUT2D eigenvalue weighted by molar-refractivity contribution is 6.30. The Morgan fingerprint density at radius 2 is 1.87 bits per heavy atom. The van der Waals surface area contributed by atoms with Crippen LogP contribution in [0.5, 0.6) is 0 Å². The Hall–Kier alpha value is -2.44. The summed E-state index contributed by atoms with van der Waals surface area (Å²) in [5.74, 6) is 4.16. The molecule has 0 aromatic heterocycles. The van der Waals surface area contributed by atoms with Crippen molar-refractivity contribution in [2.75, 3.05) is 12.1 Å². The van der Waals surface area contributed by atoms with Crippen molar-refractivity contribution in [3.63, 3.8) is 0 Å². The van der Waals surface area contributed by atoms with Crippen LogP contribution in [0.3, 0.4) is 0 Å². The molecule has 0 aliphatic rings. The Balaban J connectivity index is 2.08. The first-order chi connectivity index (χ1) is 10.9. The molecule has 0 radical (unpaired) electrons. The number of nitrogens with two attached hydrogens (primary N) is 1. The van der Waals surface area contributed by atoms with Crippen LogP contribution in [0, 0.1) is 5.82 Å². The number of nitrogens with zero attached hydrogens (tertiary/aromatic N) is 1. The Bertz CT molecular complexity index is 735. The number of ether oxygens (including phenoxy) is 1. The molecular weight excluding hydrogens is 323 g/mol. The van der Waals surface area contributed by atoms with Crippen LogP contribution in [0.1, 0.15) is 15.9 Å². The van der Waals surface area contributed by atoms with Crippen molar-refractivity contribution in [3.05, 3.63) is 64.4 Å². The molecule has 5 nitrogen and oxygen atoms in total. The molecular formula is C16H14ClFN2O3. The molecule has 120 valence electrons. The summed E-state index contributed by atoms with van der Waals surface area (Å²) in [6.45, 7) is 0. The van der Waals surface area contributed by atoms with Gasteiger partial charge in [-0.05, 0) is 29.8 Å². The van der Waals surface area contributed by atoms with E-state index in [4.69, 9.17) is 17.4 Å². The molecule has 0 saturated heterocycles. The topological polar surface area (TPSA) is 72.6 Å². The maximum absolute atomic E-state index is 13.4. The maximum atomic E-state index is 13.4. The number of benzene rings is 2. The smallest absolute Gasteiger partial charge is 0.337 e. The van der Waals surface area contributed by atoms with Gasteiger partial charge in [-0.2, -0.15) is 0 Å². The summed E-state index contributed by atoms with van der Waals surface area (Å²) in [6, 6.07) is 10.2. The average molecular weight is 337 g/mol. The molecule has 2 rings (SSSR count). The third-order valence-electron chi connectivity index (χ3n) is 3.18. The summed E-state index contributed by atoms with van der Waals surface area (Å²) in [4.78, 5) is 23.5. The van der Waals surface area contributed by atoms with Crippen LogP contribution in [-0.2, 0) is 16.0 Å².